The smallest absolute Gasteiger partial charge is 0.294 e. The van der Waals surface area contributed by atoms with Gasteiger partial charge in [0.1, 0.15) is 12.4 Å². The second-order valence-electron chi connectivity index (χ2n) is 5.08. The van der Waals surface area contributed by atoms with Crippen LogP contribution in [-0.4, -0.2) is 28.5 Å². The van der Waals surface area contributed by atoms with Crippen LogP contribution >= 0.6 is 39.0 Å². The highest BCUT2D eigenvalue weighted by Crippen LogP contribution is 2.33. The number of anilines is 1. The Balaban J connectivity index is 1.72. The molecule has 0 radical (unpaired) electrons. The van der Waals surface area contributed by atoms with Crippen LogP contribution in [0.25, 0.3) is 6.08 Å². The van der Waals surface area contributed by atoms with E-state index in [1.165, 1.54) is 11.3 Å². The third kappa shape index (κ3) is 4.02. The Bertz CT molecular complexity index is 909. The van der Waals surface area contributed by atoms with Gasteiger partial charge in [-0.3, -0.25) is 19.3 Å². The Hall–Kier alpha value is -2.04. The van der Waals surface area contributed by atoms with Crippen molar-refractivity contribution in [3.8, 4) is 0 Å². The molecule has 0 unspecified atom stereocenters. The molecule has 1 aliphatic heterocycles. The summed E-state index contributed by atoms with van der Waals surface area (Å²) in [5.74, 6) is -3.16. The van der Waals surface area contributed by atoms with Gasteiger partial charge in [0.05, 0.1) is 10.6 Å². The van der Waals surface area contributed by atoms with E-state index < -0.39 is 35.2 Å². The van der Waals surface area contributed by atoms with E-state index >= 15 is 0 Å². The number of imide groups is 1. The molecule has 1 aromatic heterocycles. The fourth-order valence-corrected chi connectivity index (χ4v) is 4.19. The van der Waals surface area contributed by atoms with Crippen molar-refractivity contribution >= 4 is 67.8 Å². The number of thiophene rings is 1. The molecular formula is C16H9BrF2N2O3S2. The lowest BCUT2D eigenvalue weighted by molar-refractivity contribution is -0.127. The van der Waals surface area contributed by atoms with Crippen molar-refractivity contribution in [2.75, 3.05) is 11.9 Å². The molecule has 3 amide bonds. The van der Waals surface area contributed by atoms with Crippen LogP contribution in [0.2, 0.25) is 0 Å². The second kappa shape index (κ2) is 7.68. The predicted octanol–water partition coefficient (Wildman–Crippen LogP) is 4.46. The number of halogens is 3. The molecular weight excluding hydrogens is 450 g/mol. The first kappa shape index (κ1) is 18.7. The lowest BCUT2D eigenvalue weighted by Crippen LogP contribution is -2.36. The molecule has 5 nitrogen and oxygen atoms in total. The maximum atomic E-state index is 13.8. The Morgan fingerprint density at radius 2 is 2.08 bits per heavy atom. The summed E-state index contributed by atoms with van der Waals surface area (Å²) in [7, 11) is 0. The van der Waals surface area contributed by atoms with Crippen molar-refractivity contribution < 1.29 is 23.2 Å². The first-order chi connectivity index (χ1) is 12.3. The second-order valence-corrected chi connectivity index (χ2v) is 7.90. The van der Waals surface area contributed by atoms with Crippen LogP contribution in [0.5, 0.6) is 0 Å². The van der Waals surface area contributed by atoms with Crippen LogP contribution in [0.4, 0.5) is 19.3 Å². The van der Waals surface area contributed by atoms with Crippen molar-refractivity contribution in [2.24, 2.45) is 0 Å². The average molecular weight is 459 g/mol. The van der Waals surface area contributed by atoms with E-state index in [1.807, 2.05) is 11.4 Å². The zero-order valence-electron chi connectivity index (χ0n) is 12.8. The fourth-order valence-electron chi connectivity index (χ4n) is 2.12. The van der Waals surface area contributed by atoms with Gasteiger partial charge in [0, 0.05) is 15.4 Å². The highest BCUT2D eigenvalue weighted by atomic mass is 79.9. The number of hydrogen-bond donors (Lipinski definition) is 1. The summed E-state index contributed by atoms with van der Waals surface area (Å²) in [5, 5.41) is 3.47. The molecule has 2 aromatic rings. The lowest BCUT2D eigenvalue weighted by Gasteiger charge is -2.13. The molecule has 0 atom stereocenters. The SMILES string of the molecule is O=C(CN1C(=O)S/C(=C\c2cccs2)C1=O)Nc1c(F)cc(F)cc1Br. The quantitative estimate of drug-likeness (QED) is 0.686. The minimum absolute atomic E-state index is 0.00933. The Morgan fingerprint density at radius 3 is 2.73 bits per heavy atom. The maximum absolute atomic E-state index is 13.8. The zero-order chi connectivity index (χ0) is 18.8. The zero-order valence-corrected chi connectivity index (χ0v) is 16.0. The van der Waals surface area contributed by atoms with Gasteiger partial charge in [0.2, 0.25) is 5.91 Å². The van der Waals surface area contributed by atoms with Crippen LogP contribution < -0.4 is 5.32 Å². The number of rotatable bonds is 4. The molecule has 1 aromatic carbocycles. The largest absolute Gasteiger partial charge is 0.321 e. The minimum Gasteiger partial charge on any atom is -0.321 e. The van der Waals surface area contributed by atoms with E-state index in [0.29, 0.717) is 6.07 Å². The number of carbonyl (C=O) groups excluding carboxylic acids is 3. The monoisotopic (exact) mass is 458 g/mol. The molecule has 0 aliphatic carbocycles. The van der Waals surface area contributed by atoms with Crippen LogP contribution in [0, 0.1) is 11.6 Å². The molecule has 3 rings (SSSR count). The van der Waals surface area contributed by atoms with Crippen LogP contribution in [-0.2, 0) is 9.59 Å². The van der Waals surface area contributed by atoms with E-state index in [4.69, 9.17) is 0 Å². The van der Waals surface area contributed by atoms with Gasteiger partial charge in [0.25, 0.3) is 11.1 Å². The molecule has 1 fully saturated rings. The molecule has 1 saturated heterocycles. The molecule has 0 spiro atoms. The van der Waals surface area contributed by atoms with Gasteiger partial charge < -0.3 is 5.32 Å². The third-order valence-electron chi connectivity index (χ3n) is 3.26. The normalized spacial score (nSPS) is 15.8. The number of nitrogens with one attached hydrogen (secondary N) is 1. The van der Waals surface area contributed by atoms with E-state index in [2.05, 4.69) is 21.2 Å². The topological polar surface area (TPSA) is 66.5 Å². The number of amides is 3. The number of hydrogen-bond acceptors (Lipinski definition) is 5. The highest BCUT2D eigenvalue weighted by molar-refractivity contribution is 9.10. The number of thioether (sulfide) groups is 1. The van der Waals surface area contributed by atoms with Crippen LogP contribution in [0.3, 0.4) is 0 Å². The maximum Gasteiger partial charge on any atom is 0.294 e. The number of benzene rings is 1. The van der Waals surface area contributed by atoms with Crippen molar-refractivity contribution in [3.05, 3.63) is 55.5 Å². The first-order valence-corrected chi connectivity index (χ1v) is 9.57. The van der Waals surface area contributed by atoms with E-state index in [0.717, 1.165) is 27.6 Å². The molecule has 26 heavy (non-hydrogen) atoms. The van der Waals surface area contributed by atoms with Gasteiger partial charge in [-0.05, 0) is 51.3 Å². The lowest BCUT2D eigenvalue weighted by atomic mass is 10.3. The summed E-state index contributed by atoms with van der Waals surface area (Å²) in [4.78, 5) is 38.2. The minimum atomic E-state index is -0.975. The molecule has 134 valence electrons. The molecule has 10 heteroatoms. The summed E-state index contributed by atoms with van der Waals surface area (Å²) in [6.45, 7) is -0.574. The third-order valence-corrected chi connectivity index (χ3v) is 5.62. The molecule has 0 saturated carbocycles. The van der Waals surface area contributed by atoms with Gasteiger partial charge in [-0.1, -0.05) is 6.07 Å². The standard InChI is InChI=1S/C16H9BrF2N2O3S2/c17-10-4-8(18)5-11(19)14(10)20-13(22)7-21-15(23)12(26-16(21)24)6-9-2-1-3-25-9/h1-6H,7H2,(H,20,22)/b12-6-. The summed E-state index contributed by atoms with van der Waals surface area (Å²) >= 11 is 5.09. The van der Waals surface area contributed by atoms with E-state index in [9.17, 15) is 23.2 Å². The molecule has 1 N–H and O–H groups in total. The summed E-state index contributed by atoms with van der Waals surface area (Å²) < 4.78 is 26.9. The Kier molecular flexibility index (Phi) is 5.54. The Labute approximate surface area is 163 Å². The Morgan fingerprint density at radius 1 is 1.31 bits per heavy atom. The summed E-state index contributed by atoms with van der Waals surface area (Å²) in [6.07, 6.45) is 1.57. The van der Waals surface area contributed by atoms with Gasteiger partial charge in [0.15, 0.2) is 5.82 Å². The van der Waals surface area contributed by atoms with Crippen molar-refractivity contribution in [1.29, 1.82) is 0 Å². The molecule has 2 heterocycles. The predicted molar refractivity (Wildman–Crippen MR) is 99.7 cm³/mol. The summed E-state index contributed by atoms with van der Waals surface area (Å²) in [5.41, 5.74) is -0.266. The van der Waals surface area contributed by atoms with Gasteiger partial charge >= 0.3 is 0 Å². The van der Waals surface area contributed by atoms with Gasteiger partial charge in [-0.2, -0.15) is 0 Å². The number of carbonyl (C=O) groups is 3. The molecule has 1 aliphatic rings. The van der Waals surface area contributed by atoms with Gasteiger partial charge in [-0.15, -0.1) is 11.3 Å². The van der Waals surface area contributed by atoms with Crippen LogP contribution in [0.15, 0.2) is 39.0 Å². The number of nitrogens with zero attached hydrogens (tertiary/aromatic N) is 1. The summed E-state index contributed by atoms with van der Waals surface area (Å²) in [6, 6.07) is 5.20. The van der Waals surface area contributed by atoms with E-state index in [1.54, 1.807) is 12.1 Å². The first-order valence-electron chi connectivity index (χ1n) is 7.08. The van der Waals surface area contributed by atoms with Crippen molar-refractivity contribution in [2.45, 2.75) is 0 Å². The van der Waals surface area contributed by atoms with Crippen molar-refractivity contribution in [3.63, 3.8) is 0 Å². The highest BCUT2D eigenvalue weighted by Gasteiger charge is 2.36. The molecule has 0 bridgehead atoms. The van der Waals surface area contributed by atoms with Crippen molar-refractivity contribution in [1.82, 2.24) is 4.90 Å². The van der Waals surface area contributed by atoms with E-state index in [-0.39, 0.29) is 15.1 Å². The fraction of sp³-hybridized carbons (Fsp3) is 0.0625. The van der Waals surface area contributed by atoms with Crippen LogP contribution in [0.1, 0.15) is 4.88 Å². The van der Waals surface area contributed by atoms with Gasteiger partial charge in [-0.25, -0.2) is 8.78 Å². The average Bonchev–Trinajstić information content (AvgIpc) is 3.15.